The van der Waals surface area contributed by atoms with Gasteiger partial charge in [0.25, 0.3) is 5.91 Å². The van der Waals surface area contributed by atoms with E-state index in [0.717, 1.165) is 29.7 Å². The number of nitrogens with one attached hydrogen (secondary N) is 2. The topological polar surface area (TPSA) is 120 Å². The number of hydrogen-bond donors (Lipinski definition) is 2. The number of nitrogens with zero attached hydrogens (tertiary/aromatic N) is 2. The summed E-state index contributed by atoms with van der Waals surface area (Å²) in [5.41, 5.74) is 1.39. The maximum Gasteiger partial charge on any atom is 0.341 e. The molecule has 0 saturated heterocycles. The standard InChI is InChI=1S/C22H28N4O5S/c1-4-30-21(29)18-15-7-6-13(2)12-16(15)32-20(18)26-19(28)14(3)31-17(27)8-11-25-22-23-9-5-10-24-22/h5,9-10,13-14H,4,6-8,11-12H2,1-3H3,(H,26,28)(H,23,24,25). The molecule has 172 valence electrons. The summed E-state index contributed by atoms with van der Waals surface area (Å²) in [6.07, 6.45) is 4.85. The molecule has 0 spiro atoms. The highest BCUT2D eigenvalue weighted by Gasteiger charge is 2.30. The molecule has 3 rings (SSSR count). The molecule has 2 aromatic heterocycles. The van der Waals surface area contributed by atoms with Crippen LogP contribution in [0.15, 0.2) is 18.5 Å². The average molecular weight is 461 g/mol. The highest BCUT2D eigenvalue weighted by Crippen LogP contribution is 2.40. The van der Waals surface area contributed by atoms with Crippen LogP contribution >= 0.6 is 11.3 Å². The summed E-state index contributed by atoms with van der Waals surface area (Å²) in [5.74, 6) is -0.521. The lowest BCUT2D eigenvalue weighted by Gasteiger charge is -2.18. The molecule has 0 bridgehead atoms. The van der Waals surface area contributed by atoms with Crippen molar-refractivity contribution in [3.05, 3.63) is 34.5 Å². The predicted octanol–water partition coefficient (Wildman–Crippen LogP) is 3.21. The SMILES string of the molecule is CCOC(=O)c1c(NC(=O)C(C)OC(=O)CCNc2ncccn2)sc2c1CCC(C)C2. The van der Waals surface area contributed by atoms with Gasteiger partial charge >= 0.3 is 11.9 Å². The Morgan fingerprint density at radius 3 is 2.75 bits per heavy atom. The summed E-state index contributed by atoms with van der Waals surface area (Å²) in [4.78, 5) is 46.5. The zero-order valence-electron chi connectivity index (χ0n) is 18.5. The number of hydrogen-bond acceptors (Lipinski definition) is 9. The lowest BCUT2D eigenvalue weighted by Crippen LogP contribution is -2.30. The second-order valence-corrected chi connectivity index (χ2v) is 8.75. The highest BCUT2D eigenvalue weighted by atomic mass is 32.1. The molecule has 2 atom stereocenters. The summed E-state index contributed by atoms with van der Waals surface area (Å²) < 4.78 is 10.5. The number of esters is 2. The van der Waals surface area contributed by atoms with Crippen molar-refractivity contribution in [1.82, 2.24) is 9.97 Å². The number of fused-ring (bicyclic) bond motifs is 1. The summed E-state index contributed by atoms with van der Waals surface area (Å²) in [7, 11) is 0. The number of ether oxygens (including phenoxy) is 2. The molecule has 0 fully saturated rings. The quantitative estimate of drug-likeness (QED) is 0.548. The Balaban J connectivity index is 1.59. The van der Waals surface area contributed by atoms with Gasteiger partial charge in [-0.1, -0.05) is 6.92 Å². The fourth-order valence-corrected chi connectivity index (χ4v) is 4.85. The zero-order chi connectivity index (χ0) is 23.1. The molecule has 1 aliphatic rings. The molecule has 32 heavy (non-hydrogen) atoms. The number of anilines is 2. The minimum absolute atomic E-state index is 0.0507. The van der Waals surface area contributed by atoms with Crippen molar-refractivity contribution in [2.45, 2.75) is 52.6 Å². The number of aromatic nitrogens is 2. The first-order valence-corrected chi connectivity index (χ1v) is 11.5. The highest BCUT2D eigenvalue weighted by molar-refractivity contribution is 7.17. The van der Waals surface area contributed by atoms with Gasteiger partial charge in [-0.05, 0) is 50.7 Å². The molecule has 2 N–H and O–H groups in total. The van der Waals surface area contributed by atoms with E-state index in [9.17, 15) is 14.4 Å². The summed E-state index contributed by atoms with van der Waals surface area (Å²) >= 11 is 1.40. The van der Waals surface area contributed by atoms with E-state index in [4.69, 9.17) is 9.47 Å². The third-order valence-electron chi connectivity index (χ3n) is 5.08. The summed E-state index contributed by atoms with van der Waals surface area (Å²) in [6.45, 7) is 5.95. The van der Waals surface area contributed by atoms with Gasteiger partial charge in [-0.3, -0.25) is 9.59 Å². The first-order chi connectivity index (χ1) is 15.4. The Kier molecular flexibility index (Phi) is 8.15. The van der Waals surface area contributed by atoms with Crippen LogP contribution in [0.3, 0.4) is 0 Å². The normalized spacial score (nSPS) is 15.9. The van der Waals surface area contributed by atoms with E-state index in [1.165, 1.54) is 18.3 Å². The molecule has 0 radical (unpaired) electrons. The van der Waals surface area contributed by atoms with E-state index in [-0.39, 0.29) is 19.6 Å². The maximum absolute atomic E-state index is 12.7. The van der Waals surface area contributed by atoms with Crippen LogP contribution in [0.5, 0.6) is 0 Å². The number of rotatable bonds is 9. The van der Waals surface area contributed by atoms with Gasteiger partial charge in [0, 0.05) is 23.8 Å². The van der Waals surface area contributed by atoms with E-state index >= 15 is 0 Å². The molecule has 9 nitrogen and oxygen atoms in total. The molecule has 0 aromatic carbocycles. The number of carbonyl (C=O) groups is 3. The monoisotopic (exact) mass is 460 g/mol. The molecule has 1 amide bonds. The van der Waals surface area contributed by atoms with Gasteiger partial charge in [-0.25, -0.2) is 14.8 Å². The predicted molar refractivity (Wildman–Crippen MR) is 121 cm³/mol. The van der Waals surface area contributed by atoms with Crippen molar-refractivity contribution in [3.63, 3.8) is 0 Å². The van der Waals surface area contributed by atoms with Crippen molar-refractivity contribution in [2.75, 3.05) is 23.8 Å². The Morgan fingerprint density at radius 2 is 2.03 bits per heavy atom. The van der Waals surface area contributed by atoms with Crippen LogP contribution in [0.2, 0.25) is 0 Å². The Bertz CT molecular complexity index is 963. The van der Waals surface area contributed by atoms with E-state index in [1.807, 2.05) is 0 Å². The van der Waals surface area contributed by atoms with Crippen LogP contribution in [0, 0.1) is 5.92 Å². The Morgan fingerprint density at radius 1 is 1.28 bits per heavy atom. The zero-order valence-corrected chi connectivity index (χ0v) is 19.3. The van der Waals surface area contributed by atoms with Crippen molar-refractivity contribution in [2.24, 2.45) is 5.92 Å². The van der Waals surface area contributed by atoms with Crippen LogP contribution in [-0.2, 0) is 31.9 Å². The van der Waals surface area contributed by atoms with Crippen LogP contribution < -0.4 is 10.6 Å². The molecule has 2 heterocycles. The molecule has 0 saturated carbocycles. The number of carbonyl (C=O) groups excluding carboxylic acids is 3. The third kappa shape index (κ3) is 6.03. The number of thiophene rings is 1. The van der Waals surface area contributed by atoms with Gasteiger partial charge in [0.1, 0.15) is 5.00 Å². The van der Waals surface area contributed by atoms with Gasteiger partial charge < -0.3 is 20.1 Å². The van der Waals surface area contributed by atoms with Gasteiger partial charge in [0.05, 0.1) is 18.6 Å². The molecule has 2 unspecified atom stereocenters. The van der Waals surface area contributed by atoms with Gasteiger partial charge in [0.2, 0.25) is 5.95 Å². The van der Waals surface area contributed by atoms with Gasteiger partial charge in [0.15, 0.2) is 6.10 Å². The Labute approximate surface area is 190 Å². The second kappa shape index (κ2) is 11.0. The molecular weight excluding hydrogens is 432 g/mol. The summed E-state index contributed by atoms with van der Waals surface area (Å²) in [6, 6.07) is 1.69. The molecular formula is C22H28N4O5S. The second-order valence-electron chi connectivity index (χ2n) is 7.65. The minimum Gasteiger partial charge on any atom is -0.462 e. The third-order valence-corrected chi connectivity index (χ3v) is 6.25. The maximum atomic E-state index is 12.7. The van der Waals surface area contributed by atoms with E-state index in [0.29, 0.717) is 22.4 Å². The largest absolute Gasteiger partial charge is 0.462 e. The first kappa shape index (κ1) is 23.6. The van der Waals surface area contributed by atoms with Gasteiger partial charge in [-0.15, -0.1) is 11.3 Å². The van der Waals surface area contributed by atoms with Crippen LogP contribution in [-0.4, -0.2) is 47.1 Å². The van der Waals surface area contributed by atoms with Crippen LogP contribution in [0.25, 0.3) is 0 Å². The average Bonchev–Trinajstić information content (AvgIpc) is 3.11. The number of amides is 1. The van der Waals surface area contributed by atoms with Crippen molar-refractivity contribution >= 4 is 40.1 Å². The van der Waals surface area contributed by atoms with Crippen molar-refractivity contribution in [1.29, 1.82) is 0 Å². The lowest BCUT2D eigenvalue weighted by molar-refractivity contribution is -0.152. The van der Waals surface area contributed by atoms with Crippen molar-refractivity contribution in [3.8, 4) is 0 Å². The first-order valence-electron chi connectivity index (χ1n) is 10.7. The summed E-state index contributed by atoms with van der Waals surface area (Å²) in [5, 5.41) is 6.14. The lowest BCUT2D eigenvalue weighted by atomic mass is 9.88. The van der Waals surface area contributed by atoms with E-state index < -0.39 is 23.9 Å². The van der Waals surface area contributed by atoms with E-state index in [2.05, 4.69) is 27.5 Å². The minimum atomic E-state index is -1.01. The van der Waals surface area contributed by atoms with E-state index in [1.54, 1.807) is 25.4 Å². The fourth-order valence-electron chi connectivity index (χ4n) is 3.45. The smallest absolute Gasteiger partial charge is 0.341 e. The van der Waals surface area contributed by atoms with Crippen LogP contribution in [0.1, 0.15) is 54.4 Å². The fraction of sp³-hybridized carbons (Fsp3) is 0.500. The van der Waals surface area contributed by atoms with Gasteiger partial charge in [-0.2, -0.15) is 0 Å². The molecule has 10 heteroatoms. The molecule has 1 aliphatic carbocycles. The van der Waals surface area contributed by atoms with Crippen molar-refractivity contribution < 1.29 is 23.9 Å². The van der Waals surface area contributed by atoms with Crippen LogP contribution in [0.4, 0.5) is 10.9 Å². The molecule has 0 aliphatic heterocycles. The Hall–Kier alpha value is -3.01. The molecule has 2 aromatic rings.